The van der Waals surface area contributed by atoms with Gasteiger partial charge >= 0.3 is 0 Å². The zero-order valence-corrected chi connectivity index (χ0v) is 10.9. The number of hydrogen-bond acceptors (Lipinski definition) is 3. The number of nitrogens with one attached hydrogen (secondary N) is 1. The number of pyridine rings is 1. The molecule has 94 valence electrons. The predicted molar refractivity (Wildman–Crippen MR) is 70.9 cm³/mol. The Labute approximate surface area is 104 Å². The van der Waals surface area contributed by atoms with Gasteiger partial charge in [0, 0.05) is 18.4 Å². The van der Waals surface area contributed by atoms with Crippen molar-refractivity contribution in [1.82, 2.24) is 15.2 Å². The molecule has 0 radical (unpaired) electrons. The molecule has 0 saturated carbocycles. The summed E-state index contributed by atoms with van der Waals surface area (Å²) in [4.78, 5) is 6.47. The average molecular weight is 233 g/mol. The van der Waals surface area contributed by atoms with E-state index in [1.807, 2.05) is 12.4 Å². The van der Waals surface area contributed by atoms with Gasteiger partial charge in [0.15, 0.2) is 0 Å². The van der Waals surface area contributed by atoms with Gasteiger partial charge in [0.25, 0.3) is 0 Å². The summed E-state index contributed by atoms with van der Waals surface area (Å²) < 4.78 is 0. The minimum Gasteiger partial charge on any atom is -0.310 e. The lowest BCUT2D eigenvalue weighted by molar-refractivity contribution is 0.213. The molecule has 1 aliphatic heterocycles. The second kappa shape index (κ2) is 6.12. The predicted octanol–water partition coefficient (Wildman–Crippen LogP) is 2.07. The molecule has 1 aromatic rings. The minimum absolute atomic E-state index is 0.428. The van der Waals surface area contributed by atoms with E-state index in [1.54, 1.807) is 0 Å². The Morgan fingerprint density at radius 3 is 2.65 bits per heavy atom. The fraction of sp³-hybridized carbons (Fsp3) is 0.643. The molecule has 3 heteroatoms. The van der Waals surface area contributed by atoms with Crippen molar-refractivity contribution in [2.75, 3.05) is 26.7 Å². The van der Waals surface area contributed by atoms with Crippen LogP contribution < -0.4 is 5.32 Å². The lowest BCUT2D eigenvalue weighted by Gasteiger charge is -2.30. The monoisotopic (exact) mass is 233 g/mol. The van der Waals surface area contributed by atoms with Crippen LogP contribution in [0.2, 0.25) is 0 Å². The van der Waals surface area contributed by atoms with Gasteiger partial charge < -0.3 is 10.2 Å². The second-order valence-electron chi connectivity index (χ2n) is 5.16. The van der Waals surface area contributed by atoms with E-state index in [-0.39, 0.29) is 0 Å². The highest BCUT2D eigenvalue weighted by atomic mass is 15.1. The smallest absolute Gasteiger partial charge is 0.0293 e. The summed E-state index contributed by atoms with van der Waals surface area (Å²) in [6, 6.07) is 4.61. The molecule has 0 spiro atoms. The van der Waals surface area contributed by atoms with Gasteiger partial charge in [0.1, 0.15) is 0 Å². The molecular weight excluding hydrogens is 210 g/mol. The van der Waals surface area contributed by atoms with Gasteiger partial charge in [0.05, 0.1) is 0 Å². The van der Waals surface area contributed by atoms with Crippen LogP contribution in [0.15, 0.2) is 24.5 Å². The molecule has 1 N–H and O–H groups in total. The van der Waals surface area contributed by atoms with Crippen molar-refractivity contribution in [3.8, 4) is 0 Å². The quantitative estimate of drug-likeness (QED) is 0.863. The SMILES string of the molecule is C[C@@H](NCC1CCN(C)CC1)c1ccncc1. The van der Waals surface area contributed by atoms with E-state index in [0.717, 1.165) is 12.5 Å². The molecule has 0 amide bonds. The van der Waals surface area contributed by atoms with E-state index in [1.165, 1.54) is 31.5 Å². The Morgan fingerprint density at radius 1 is 1.35 bits per heavy atom. The van der Waals surface area contributed by atoms with Crippen molar-refractivity contribution in [3.63, 3.8) is 0 Å². The lowest BCUT2D eigenvalue weighted by Crippen LogP contribution is -2.35. The fourth-order valence-corrected chi connectivity index (χ4v) is 2.38. The fourth-order valence-electron chi connectivity index (χ4n) is 2.38. The Morgan fingerprint density at radius 2 is 2.00 bits per heavy atom. The van der Waals surface area contributed by atoms with Gasteiger partial charge in [0.2, 0.25) is 0 Å². The summed E-state index contributed by atoms with van der Waals surface area (Å²) in [6.07, 6.45) is 6.38. The first-order valence-electron chi connectivity index (χ1n) is 6.57. The largest absolute Gasteiger partial charge is 0.310 e. The third kappa shape index (κ3) is 3.79. The summed E-state index contributed by atoms with van der Waals surface area (Å²) in [7, 11) is 2.21. The number of likely N-dealkylation sites (tertiary alicyclic amines) is 1. The topological polar surface area (TPSA) is 28.2 Å². The first kappa shape index (κ1) is 12.5. The van der Waals surface area contributed by atoms with Crippen LogP contribution in [0.4, 0.5) is 0 Å². The van der Waals surface area contributed by atoms with Gasteiger partial charge in [-0.15, -0.1) is 0 Å². The standard InChI is InChI=1S/C14H23N3/c1-12(14-3-7-15-8-4-14)16-11-13-5-9-17(2)10-6-13/h3-4,7-8,12-13,16H,5-6,9-11H2,1-2H3/t12-/m1/s1. The Kier molecular flexibility index (Phi) is 4.51. The van der Waals surface area contributed by atoms with Crippen LogP contribution in [0.25, 0.3) is 0 Å². The Hall–Kier alpha value is -0.930. The van der Waals surface area contributed by atoms with E-state index in [0.29, 0.717) is 6.04 Å². The molecule has 1 saturated heterocycles. The minimum atomic E-state index is 0.428. The van der Waals surface area contributed by atoms with Gasteiger partial charge in [-0.25, -0.2) is 0 Å². The van der Waals surface area contributed by atoms with Crippen LogP contribution in [-0.2, 0) is 0 Å². The molecule has 0 unspecified atom stereocenters. The molecule has 2 rings (SSSR count). The van der Waals surface area contributed by atoms with Crippen LogP contribution >= 0.6 is 0 Å². The molecule has 2 heterocycles. The van der Waals surface area contributed by atoms with E-state index in [2.05, 4.69) is 41.3 Å². The summed E-state index contributed by atoms with van der Waals surface area (Å²) in [6.45, 7) is 5.85. The molecule has 3 nitrogen and oxygen atoms in total. The van der Waals surface area contributed by atoms with Crippen molar-refractivity contribution in [2.24, 2.45) is 5.92 Å². The normalized spacial score (nSPS) is 20.4. The molecule has 0 aliphatic carbocycles. The molecular formula is C14H23N3. The zero-order chi connectivity index (χ0) is 12.1. The first-order valence-corrected chi connectivity index (χ1v) is 6.57. The molecule has 1 fully saturated rings. The highest BCUT2D eigenvalue weighted by Gasteiger charge is 2.17. The van der Waals surface area contributed by atoms with E-state index in [4.69, 9.17) is 0 Å². The number of aromatic nitrogens is 1. The Balaban J connectivity index is 1.75. The van der Waals surface area contributed by atoms with Crippen molar-refractivity contribution >= 4 is 0 Å². The first-order chi connectivity index (χ1) is 8.25. The molecule has 17 heavy (non-hydrogen) atoms. The van der Waals surface area contributed by atoms with E-state index < -0.39 is 0 Å². The van der Waals surface area contributed by atoms with Crippen LogP contribution in [0, 0.1) is 5.92 Å². The van der Waals surface area contributed by atoms with E-state index >= 15 is 0 Å². The van der Waals surface area contributed by atoms with Gasteiger partial charge in [-0.05, 0) is 70.1 Å². The maximum Gasteiger partial charge on any atom is 0.0293 e. The Bertz CT molecular complexity index is 317. The second-order valence-corrected chi connectivity index (χ2v) is 5.16. The molecule has 1 aromatic heterocycles. The third-order valence-corrected chi connectivity index (χ3v) is 3.76. The zero-order valence-electron chi connectivity index (χ0n) is 10.9. The molecule has 0 aromatic carbocycles. The van der Waals surface area contributed by atoms with Crippen LogP contribution in [-0.4, -0.2) is 36.6 Å². The van der Waals surface area contributed by atoms with Gasteiger partial charge in [-0.2, -0.15) is 0 Å². The van der Waals surface area contributed by atoms with Crippen LogP contribution in [0.1, 0.15) is 31.4 Å². The highest BCUT2D eigenvalue weighted by molar-refractivity contribution is 5.13. The maximum atomic E-state index is 4.05. The summed E-state index contributed by atoms with van der Waals surface area (Å²) in [5.74, 6) is 0.843. The molecule has 1 aliphatic rings. The summed E-state index contributed by atoms with van der Waals surface area (Å²) >= 11 is 0. The molecule has 1 atom stereocenters. The van der Waals surface area contributed by atoms with Crippen molar-refractivity contribution < 1.29 is 0 Å². The number of rotatable bonds is 4. The van der Waals surface area contributed by atoms with Crippen LogP contribution in [0.5, 0.6) is 0 Å². The number of piperidine rings is 1. The van der Waals surface area contributed by atoms with Crippen molar-refractivity contribution in [2.45, 2.75) is 25.8 Å². The number of hydrogen-bond donors (Lipinski definition) is 1. The van der Waals surface area contributed by atoms with E-state index in [9.17, 15) is 0 Å². The van der Waals surface area contributed by atoms with Crippen molar-refractivity contribution in [1.29, 1.82) is 0 Å². The molecule has 0 bridgehead atoms. The summed E-state index contributed by atoms with van der Waals surface area (Å²) in [5.41, 5.74) is 1.33. The van der Waals surface area contributed by atoms with Gasteiger partial charge in [-0.1, -0.05) is 0 Å². The average Bonchev–Trinajstić information content (AvgIpc) is 2.39. The lowest BCUT2D eigenvalue weighted by atomic mass is 9.96. The summed E-state index contributed by atoms with van der Waals surface area (Å²) in [5, 5.41) is 3.64. The third-order valence-electron chi connectivity index (χ3n) is 3.76. The van der Waals surface area contributed by atoms with Gasteiger partial charge in [-0.3, -0.25) is 4.98 Å². The maximum absolute atomic E-state index is 4.05. The van der Waals surface area contributed by atoms with Crippen molar-refractivity contribution in [3.05, 3.63) is 30.1 Å². The number of nitrogens with zero attached hydrogens (tertiary/aromatic N) is 2. The highest BCUT2D eigenvalue weighted by Crippen LogP contribution is 2.17. The van der Waals surface area contributed by atoms with Crippen LogP contribution in [0.3, 0.4) is 0 Å².